The van der Waals surface area contributed by atoms with E-state index in [2.05, 4.69) is 4.98 Å². The Morgan fingerprint density at radius 2 is 2.08 bits per heavy atom. The van der Waals surface area contributed by atoms with E-state index >= 15 is 0 Å². The molecule has 6 heteroatoms. The molecule has 0 amide bonds. The number of nitrogens with two attached hydrogens (primary N) is 1. The molecule has 1 aliphatic carbocycles. The number of hydrogen-bond donors (Lipinski definition) is 1. The van der Waals surface area contributed by atoms with Gasteiger partial charge in [-0.1, -0.05) is 6.07 Å². The van der Waals surface area contributed by atoms with E-state index < -0.39 is 5.82 Å². The first-order chi connectivity index (χ1) is 12.5. The Morgan fingerprint density at radius 1 is 1.31 bits per heavy atom. The van der Waals surface area contributed by atoms with Crippen molar-refractivity contribution in [3.63, 3.8) is 0 Å². The number of thioether (sulfide) groups is 1. The predicted molar refractivity (Wildman–Crippen MR) is 101 cm³/mol. The fourth-order valence-corrected chi connectivity index (χ4v) is 3.70. The lowest BCUT2D eigenvalue weighted by atomic mass is 9.83. The summed E-state index contributed by atoms with van der Waals surface area (Å²) >= 11 is 1.59. The smallest absolute Gasteiger partial charge is 0.230 e. The first kappa shape index (κ1) is 18.9. The van der Waals surface area contributed by atoms with Crippen LogP contribution < -0.4 is 10.5 Å². The van der Waals surface area contributed by atoms with Gasteiger partial charge in [-0.2, -0.15) is 0 Å². The van der Waals surface area contributed by atoms with Crippen molar-refractivity contribution in [1.29, 1.82) is 0 Å². The van der Waals surface area contributed by atoms with Crippen LogP contribution in [0.5, 0.6) is 11.6 Å². The van der Waals surface area contributed by atoms with Crippen molar-refractivity contribution in [3.05, 3.63) is 47.9 Å². The van der Waals surface area contributed by atoms with Crippen LogP contribution in [0.25, 0.3) is 0 Å². The third-order valence-corrected chi connectivity index (χ3v) is 5.46. The molecule has 1 heterocycles. The van der Waals surface area contributed by atoms with Gasteiger partial charge in [0.15, 0.2) is 5.78 Å². The van der Waals surface area contributed by atoms with E-state index in [4.69, 9.17) is 10.5 Å². The van der Waals surface area contributed by atoms with Crippen molar-refractivity contribution in [2.45, 2.75) is 43.0 Å². The van der Waals surface area contributed by atoms with E-state index in [9.17, 15) is 9.18 Å². The number of carbonyl (C=O) groups excluding carboxylic acids is 1. The van der Waals surface area contributed by atoms with E-state index in [1.54, 1.807) is 17.8 Å². The monoisotopic (exact) mass is 374 g/mol. The highest BCUT2D eigenvalue weighted by Gasteiger charge is 2.24. The number of ether oxygens (including phenoxy) is 1. The molecule has 4 nitrogen and oxygen atoms in total. The average Bonchev–Trinajstić information content (AvgIpc) is 2.65. The number of carbonyl (C=O) groups is 1. The summed E-state index contributed by atoms with van der Waals surface area (Å²) in [5.41, 5.74) is 6.13. The molecule has 0 radical (unpaired) electrons. The third kappa shape index (κ3) is 4.83. The van der Waals surface area contributed by atoms with Gasteiger partial charge in [0.2, 0.25) is 5.88 Å². The molecule has 0 saturated heterocycles. The van der Waals surface area contributed by atoms with Gasteiger partial charge in [-0.05, 0) is 62.1 Å². The van der Waals surface area contributed by atoms with E-state index in [0.717, 1.165) is 36.8 Å². The van der Waals surface area contributed by atoms with E-state index in [0.29, 0.717) is 18.1 Å². The summed E-state index contributed by atoms with van der Waals surface area (Å²) in [6, 6.07) is 8.96. The fourth-order valence-electron chi connectivity index (χ4n) is 3.25. The SMILES string of the molecule is CSc1cccc(Oc2ncc(F)cc2C(=O)C[C@H]2CC[C@@H](N)CC2)c1. The maximum atomic E-state index is 13.7. The van der Waals surface area contributed by atoms with Gasteiger partial charge >= 0.3 is 0 Å². The molecular formula is C20H23FN2O2S. The van der Waals surface area contributed by atoms with Crippen LogP contribution in [0.15, 0.2) is 41.4 Å². The Morgan fingerprint density at radius 3 is 2.81 bits per heavy atom. The van der Waals surface area contributed by atoms with E-state index in [-0.39, 0.29) is 23.3 Å². The molecule has 3 rings (SSSR count). The molecule has 1 aromatic heterocycles. The number of nitrogens with zero attached hydrogens (tertiary/aromatic N) is 1. The zero-order chi connectivity index (χ0) is 18.5. The lowest BCUT2D eigenvalue weighted by Gasteiger charge is -2.25. The van der Waals surface area contributed by atoms with Gasteiger partial charge in [-0.3, -0.25) is 4.79 Å². The number of pyridine rings is 1. The Labute approximate surface area is 157 Å². The number of halogens is 1. The minimum atomic E-state index is -0.538. The van der Waals surface area contributed by atoms with Gasteiger partial charge in [0.25, 0.3) is 0 Å². The summed E-state index contributed by atoms with van der Waals surface area (Å²) in [7, 11) is 0. The van der Waals surface area contributed by atoms with E-state index in [1.807, 2.05) is 24.5 Å². The maximum Gasteiger partial charge on any atom is 0.230 e. The van der Waals surface area contributed by atoms with Gasteiger partial charge in [0, 0.05) is 17.4 Å². The highest BCUT2D eigenvalue weighted by molar-refractivity contribution is 7.98. The van der Waals surface area contributed by atoms with Crippen LogP contribution in [0.3, 0.4) is 0 Å². The molecule has 138 valence electrons. The second-order valence-electron chi connectivity index (χ2n) is 6.70. The molecular weight excluding hydrogens is 351 g/mol. The van der Waals surface area contributed by atoms with Crippen LogP contribution in [0, 0.1) is 11.7 Å². The van der Waals surface area contributed by atoms with Gasteiger partial charge in [0.05, 0.1) is 11.8 Å². The summed E-state index contributed by atoms with van der Waals surface area (Å²) in [5.74, 6) is 0.353. The molecule has 0 unspecified atom stereocenters. The maximum absolute atomic E-state index is 13.7. The zero-order valence-corrected chi connectivity index (χ0v) is 15.6. The minimum Gasteiger partial charge on any atom is -0.438 e. The molecule has 1 fully saturated rings. The molecule has 0 spiro atoms. The van der Waals surface area contributed by atoms with Crippen molar-refractivity contribution in [3.8, 4) is 11.6 Å². The summed E-state index contributed by atoms with van der Waals surface area (Å²) < 4.78 is 19.5. The number of Topliss-reactive ketones (excluding diaryl/α,β-unsaturated/α-hetero) is 1. The fraction of sp³-hybridized carbons (Fsp3) is 0.400. The van der Waals surface area contributed by atoms with Crippen molar-refractivity contribution < 1.29 is 13.9 Å². The summed E-state index contributed by atoms with van der Waals surface area (Å²) in [5, 5.41) is 0. The molecule has 1 saturated carbocycles. The molecule has 0 bridgehead atoms. The summed E-state index contributed by atoms with van der Waals surface area (Å²) in [6.07, 6.45) is 7.15. The first-order valence-corrected chi connectivity index (χ1v) is 10.0. The molecule has 0 aliphatic heterocycles. The number of hydrogen-bond acceptors (Lipinski definition) is 5. The topological polar surface area (TPSA) is 65.2 Å². The predicted octanol–water partition coefficient (Wildman–Crippen LogP) is 4.83. The highest BCUT2D eigenvalue weighted by Crippen LogP contribution is 2.31. The average molecular weight is 374 g/mol. The lowest BCUT2D eigenvalue weighted by molar-refractivity contribution is 0.0944. The zero-order valence-electron chi connectivity index (χ0n) is 14.8. The largest absolute Gasteiger partial charge is 0.438 e. The quantitative estimate of drug-likeness (QED) is 0.580. The summed E-state index contributed by atoms with van der Waals surface area (Å²) in [6.45, 7) is 0. The molecule has 2 aromatic rings. The van der Waals surface area contributed by atoms with E-state index in [1.165, 1.54) is 6.07 Å². The normalized spacial score (nSPS) is 20.0. The molecule has 26 heavy (non-hydrogen) atoms. The summed E-state index contributed by atoms with van der Waals surface area (Å²) in [4.78, 5) is 17.8. The molecule has 0 atom stereocenters. The van der Waals surface area contributed by atoms with Crippen molar-refractivity contribution in [1.82, 2.24) is 4.98 Å². The van der Waals surface area contributed by atoms with Gasteiger partial charge in [-0.25, -0.2) is 9.37 Å². The van der Waals surface area contributed by atoms with Gasteiger partial charge in [-0.15, -0.1) is 11.8 Å². The van der Waals surface area contributed by atoms with Crippen molar-refractivity contribution in [2.24, 2.45) is 11.7 Å². The number of benzene rings is 1. The van der Waals surface area contributed by atoms with Crippen LogP contribution >= 0.6 is 11.8 Å². The second kappa shape index (κ2) is 8.64. The minimum absolute atomic E-state index is 0.131. The molecule has 2 N–H and O–H groups in total. The molecule has 1 aliphatic rings. The Hall–Kier alpha value is -1.92. The Balaban J connectivity index is 1.77. The van der Waals surface area contributed by atoms with Crippen LogP contribution in [0.1, 0.15) is 42.5 Å². The Kier molecular flexibility index (Phi) is 6.27. The standard InChI is InChI=1S/C20H23FN2O2S/c1-26-17-4-2-3-16(11-17)25-20-18(10-14(21)12-23-20)19(24)9-13-5-7-15(22)8-6-13/h2-4,10-13,15H,5-9,22H2,1H3/t13-,15+. The molecule has 1 aromatic carbocycles. The van der Waals surface area contributed by atoms with Crippen molar-refractivity contribution >= 4 is 17.5 Å². The number of aromatic nitrogens is 1. The second-order valence-corrected chi connectivity index (χ2v) is 7.58. The Bertz CT molecular complexity index is 776. The van der Waals surface area contributed by atoms with Gasteiger partial charge in [0.1, 0.15) is 11.6 Å². The third-order valence-electron chi connectivity index (χ3n) is 4.74. The highest BCUT2D eigenvalue weighted by atomic mass is 32.2. The number of rotatable bonds is 6. The van der Waals surface area contributed by atoms with Crippen LogP contribution in [-0.2, 0) is 0 Å². The van der Waals surface area contributed by atoms with Crippen molar-refractivity contribution in [2.75, 3.05) is 6.26 Å². The van der Waals surface area contributed by atoms with Crippen LogP contribution in [0.2, 0.25) is 0 Å². The first-order valence-electron chi connectivity index (χ1n) is 8.81. The van der Waals surface area contributed by atoms with Gasteiger partial charge < -0.3 is 10.5 Å². The van der Waals surface area contributed by atoms with Crippen LogP contribution in [0.4, 0.5) is 4.39 Å². The number of ketones is 1. The van der Waals surface area contributed by atoms with Crippen LogP contribution in [-0.4, -0.2) is 23.1 Å². The lowest BCUT2D eigenvalue weighted by Crippen LogP contribution is -2.27.